The fourth-order valence-electron chi connectivity index (χ4n) is 3.06. The molecule has 10 heteroatoms. The van der Waals surface area contributed by atoms with Crippen molar-refractivity contribution in [3.8, 4) is 11.5 Å². The summed E-state index contributed by atoms with van der Waals surface area (Å²) in [6, 6.07) is 11.2. The van der Waals surface area contributed by atoms with Crippen LogP contribution < -0.4 is 9.47 Å². The first-order valence-electron chi connectivity index (χ1n) is 9.67. The molecule has 2 aromatic carbocycles. The first-order chi connectivity index (χ1) is 15.2. The van der Waals surface area contributed by atoms with Crippen LogP contribution in [0.1, 0.15) is 18.1 Å². The minimum absolute atomic E-state index is 0.0173. The van der Waals surface area contributed by atoms with Crippen LogP contribution in [0.15, 0.2) is 48.0 Å². The number of nitro groups is 1. The Morgan fingerprint density at radius 1 is 1.03 bits per heavy atom. The van der Waals surface area contributed by atoms with Gasteiger partial charge in [0.05, 0.1) is 11.5 Å². The van der Waals surface area contributed by atoms with Crippen molar-refractivity contribution in [2.45, 2.75) is 13.5 Å². The zero-order chi connectivity index (χ0) is 23.4. The summed E-state index contributed by atoms with van der Waals surface area (Å²) >= 11 is 5.10. The van der Waals surface area contributed by atoms with Gasteiger partial charge in [0.15, 0.2) is 16.6 Å². The smallest absolute Gasteiger partial charge is 0.269 e. The Morgan fingerprint density at radius 3 is 2.34 bits per heavy atom. The topological polar surface area (TPSA) is 102 Å². The van der Waals surface area contributed by atoms with E-state index in [1.807, 2.05) is 6.92 Å². The lowest BCUT2D eigenvalue weighted by Gasteiger charge is -2.31. The predicted octanol–water partition coefficient (Wildman–Crippen LogP) is 3.17. The molecule has 1 aliphatic heterocycles. The van der Waals surface area contributed by atoms with E-state index in [2.05, 4.69) is 0 Å². The average molecular weight is 455 g/mol. The summed E-state index contributed by atoms with van der Waals surface area (Å²) < 4.78 is 11.5. The SMILES string of the molecule is CCOc1cc(C=C2C(=O)N(C)C(=S)N(C)C2=O)ccc1OCc1cccc([N+](=O)[O-])c1. The Labute approximate surface area is 190 Å². The number of likely N-dealkylation sites (N-methyl/N-ethyl adjacent to an activating group) is 2. The maximum Gasteiger partial charge on any atom is 0.269 e. The number of nitrogens with zero attached hydrogens (tertiary/aromatic N) is 3. The number of thiocarbonyl (C=S) groups is 1. The number of amides is 2. The van der Waals surface area contributed by atoms with Crippen LogP contribution in [0.3, 0.4) is 0 Å². The van der Waals surface area contributed by atoms with Gasteiger partial charge in [-0.2, -0.15) is 0 Å². The second kappa shape index (κ2) is 9.56. The van der Waals surface area contributed by atoms with Gasteiger partial charge in [0.25, 0.3) is 17.5 Å². The Bertz CT molecular complexity index is 1100. The first kappa shape index (κ1) is 22.9. The van der Waals surface area contributed by atoms with Gasteiger partial charge >= 0.3 is 0 Å². The van der Waals surface area contributed by atoms with Crippen molar-refractivity contribution in [3.05, 3.63) is 69.3 Å². The Balaban J connectivity index is 1.86. The van der Waals surface area contributed by atoms with Gasteiger partial charge in [-0.25, -0.2) is 0 Å². The number of hydrogen-bond acceptors (Lipinski definition) is 7. The van der Waals surface area contributed by atoms with Crippen LogP contribution in [0, 0.1) is 10.1 Å². The van der Waals surface area contributed by atoms with E-state index in [0.29, 0.717) is 29.2 Å². The number of nitro benzene ring substituents is 1. The molecular weight excluding hydrogens is 434 g/mol. The molecule has 0 radical (unpaired) electrons. The molecule has 1 fully saturated rings. The van der Waals surface area contributed by atoms with Gasteiger partial charge in [-0.15, -0.1) is 0 Å². The van der Waals surface area contributed by atoms with E-state index in [1.54, 1.807) is 30.3 Å². The number of ether oxygens (including phenoxy) is 2. The third-order valence-electron chi connectivity index (χ3n) is 4.74. The Kier molecular flexibility index (Phi) is 6.84. The number of hydrogen-bond donors (Lipinski definition) is 0. The molecule has 2 amide bonds. The lowest BCUT2D eigenvalue weighted by Crippen LogP contribution is -2.52. The fraction of sp³-hybridized carbons (Fsp3) is 0.227. The van der Waals surface area contributed by atoms with E-state index in [0.717, 1.165) is 0 Å². The molecule has 0 spiro atoms. The molecule has 0 aliphatic carbocycles. The maximum atomic E-state index is 12.5. The highest BCUT2D eigenvalue weighted by Gasteiger charge is 2.35. The highest BCUT2D eigenvalue weighted by Crippen LogP contribution is 2.31. The summed E-state index contributed by atoms with van der Waals surface area (Å²) in [4.78, 5) is 38.0. The summed E-state index contributed by atoms with van der Waals surface area (Å²) in [5.74, 6) is -0.124. The van der Waals surface area contributed by atoms with E-state index < -0.39 is 16.7 Å². The molecule has 9 nitrogen and oxygen atoms in total. The van der Waals surface area contributed by atoms with E-state index in [9.17, 15) is 19.7 Å². The van der Waals surface area contributed by atoms with Crippen LogP contribution >= 0.6 is 12.2 Å². The predicted molar refractivity (Wildman–Crippen MR) is 121 cm³/mol. The minimum atomic E-state index is -0.484. The number of non-ortho nitro benzene ring substituents is 1. The number of benzene rings is 2. The van der Waals surface area contributed by atoms with Crippen molar-refractivity contribution in [2.24, 2.45) is 0 Å². The van der Waals surface area contributed by atoms with Crippen LogP contribution in [-0.4, -0.2) is 52.4 Å². The van der Waals surface area contributed by atoms with Gasteiger partial charge in [-0.3, -0.25) is 29.5 Å². The van der Waals surface area contributed by atoms with E-state index >= 15 is 0 Å². The molecule has 1 saturated heterocycles. The summed E-state index contributed by atoms with van der Waals surface area (Å²) in [5, 5.41) is 11.1. The fourth-order valence-corrected chi connectivity index (χ4v) is 3.23. The summed E-state index contributed by atoms with van der Waals surface area (Å²) in [6.07, 6.45) is 1.48. The molecule has 32 heavy (non-hydrogen) atoms. The molecule has 0 saturated carbocycles. The molecule has 0 aromatic heterocycles. The minimum Gasteiger partial charge on any atom is -0.490 e. The zero-order valence-electron chi connectivity index (χ0n) is 17.7. The van der Waals surface area contributed by atoms with Crippen LogP contribution in [-0.2, 0) is 16.2 Å². The second-order valence-electron chi connectivity index (χ2n) is 6.92. The lowest BCUT2D eigenvalue weighted by atomic mass is 10.1. The van der Waals surface area contributed by atoms with Gasteiger partial charge in [-0.05, 0) is 48.5 Å². The maximum absolute atomic E-state index is 12.5. The molecule has 1 aliphatic rings. The molecule has 166 valence electrons. The molecular formula is C22H21N3O6S. The molecule has 0 atom stereocenters. The van der Waals surface area contributed by atoms with Gasteiger partial charge in [0, 0.05) is 26.2 Å². The van der Waals surface area contributed by atoms with Crippen LogP contribution in [0.5, 0.6) is 11.5 Å². The Morgan fingerprint density at radius 2 is 1.72 bits per heavy atom. The number of rotatable bonds is 7. The monoisotopic (exact) mass is 455 g/mol. The van der Waals surface area contributed by atoms with Crippen LogP contribution in [0.25, 0.3) is 6.08 Å². The molecule has 0 bridgehead atoms. The highest BCUT2D eigenvalue weighted by molar-refractivity contribution is 7.80. The number of carbonyl (C=O) groups is 2. The molecule has 1 heterocycles. The van der Waals surface area contributed by atoms with E-state index in [-0.39, 0.29) is 23.0 Å². The standard InChI is InChI=1S/C22H21N3O6S/c1-4-30-19-12-14(11-17-20(26)23(2)22(32)24(3)21(17)27)8-9-18(19)31-13-15-6-5-7-16(10-15)25(28)29/h5-12H,4,13H2,1-3H3. The second-order valence-corrected chi connectivity index (χ2v) is 7.29. The van der Waals surface area contributed by atoms with E-state index in [4.69, 9.17) is 21.7 Å². The van der Waals surface area contributed by atoms with Crippen molar-refractivity contribution in [1.82, 2.24) is 9.80 Å². The quantitative estimate of drug-likeness (QED) is 0.208. The third kappa shape index (κ3) is 4.75. The van der Waals surface area contributed by atoms with Crippen molar-refractivity contribution < 1.29 is 24.0 Å². The lowest BCUT2D eigenvalue weighted by molar-refractivity contribution is -0.384. The highest BCUT2D eigenvalue weighted by atomic mass is 32.1. The van der Waals surface area contributed by atoms with Crippen molar-refractivity contribution in [2.75, 3.05) is 20.7 Å². The zero-order valence-corrected chi connectivity index (χ0v) is 18.5. The van der Waals surface area contributed by atoms with Crippen molar-refractivity contribution in [1.29, 1.82) is 0 Å². The van der Waals surface area contributed by atoms with Crippen molar-refractivity contribution >= 4 is 40.9 Å². The Hall–Kier alpha value is -3.79. The molecule has 0 unspecified atom stereocenters. The van der Waals surface area contributed by atoms with Crippen molar-refractivity contribution in [3.63, 3.8) is 0 Å². The van der Waals surface area contributed by atoms with Gasteiger partial charge in [-0.1, -0.05) is 18.2 Å². The summed E-state index contributed by atoms with van der Waals surface area (Å²) in [6.45, 7) is 2.28. The normalized spacial score (nSPS) is 14.0. The average Bonchev–Trinajstić information content (AvgIpc) is 2.79. The van der Waals surface area contributed by atoms with Gasteiger partial charge in [0.2, 0.25) is 0 Å². The number of carbonyl (C=O) groups excluding carboxylic acids is 2. The van der Waals surface area contributed by atoms with Crippen LogP contribution in [0.2, 0.25) is 0 Å². The van der Waals surface area contributed by atoms with Gasteiger partial charge in [0.1, 0.15) is 12.2 Å². The molecule has 3 rings (SSSR count). The first-order valence-corrected chi connectivity index (χ1v) is 10.1. The van der Waals surface area contributed by atoms with E-state index in [1.165, 1.54) is 42.1 Å². The summed E-state index contributed by atoms with van der Waals surface area (Å²) in [7, 11) is 3.02. The van der Waals surface area contributed by atoms with Crippen LogP contribution in [0.4, 0.5) is 5.69 Å². The summed E-state index contributed by atoms with van der Waals surface area (Å²) in [5.41, 5.74) is 1.17. The third-order valence-corrected chi connectivity index (χ3v) is 5.29. The van der Waals surface area contributed by atoms with Gasteiger partial charge < -0.3 is 9.47 Å². The molecule has 0 N–H and O–H groups in total. The molecule has 2 aromatic rings. The largest absolute Gasteiger partial charge is 0.490 e.